The van der Waals surface area contributed by atoms with Crippen LogP contribution in [0.1, 0.15) is 5.56 Å². The van der Waals surface area contributed by atoms with Crippen LogP contribution < -0.4 is 0 Å². The second-order valence-electron chi connectivity index (χ2n) is 4.42. The largest absolute Gasteiger partial charge is 0.472 e. The summed E-state index contributed by atoms with van der Waals surface area (Å²) in [6, 6.07) is 6.63. The molecule has 1 heterocycles. The standard InChI is InChI=1S/C14H16FNO4S/c1-19-8-6-16(10-12-5-7-20-11-12)21(17,18)14-4-2-3-13(15)9-14/h2-5,7,9,11H,6,8,10H2,1H3. The molecule has 1 aromatic carbocycles. The smallest absolute Gasteiger partial charge is 0.243 e. The second-order valence-corrected chi connectivity index (χ2v) is 6.36. The first-order chi connectivity index (χ1) is 10.0. The highest BCUT2D eigenvalue weighted by Gasteiger charge is 2.25. The molecule has 2 aromatic rings. The van der Waals surface area contributed by atoms with Crippen LogP contribution in [0, 0.1) is 5.82 Å². The normalized spacial score (nSPS) is 12.0. The summed E-state index contributed by atoms with van der Waals surface area (Å²) in [6.07, 6.45) is 2.94. The van der Waals surface area contributed by atoms with Crippen LogP contribution in [-0.4, -0.2) is 33.0 Å². The third-order valence-corrected chi connectivity index (χ3v) is 4.76. The fourth-order valence-electron chi connectivity index (χ4n) is 1.84. The van der Waals surface area contributed by atoms with E-state index in [1.54, 1.807) is 6.07 Å². The molecule has 1 aromatic heterocycles. The first-order valence-corrected chi connectivity index (χ1v) is 7.74. The van der Waals surface area contributed by atoms with Gasteiger partial charge in [0.05, 0.1) is 24.0 Å². The van der Waals surface area contributed by atoms with E-state index in [0.29, 0.717) is 5.56 Å². The van der Waals surface area contributed by atoms with Crippen molar-refractivity contribution in [2.75, 3.05) is 20.3 Å². The Morgan fingerprint density at radius 3 is 2.76 bits per heavy atom. The van der Waals surface area contributed by atoms with Gasteiger partial charge < -0.3 is 9.15 Å². The van der Waals surface area contributed by atoms with Gasteiger partial charge in [0, 0.05) is 25.8 Å². The van der Waals surface area contributed by atoms with Crippen molar-refractivity contribution in [3.8, 4) is 0 Å². The fraction of sp³-hybridized carbons (Fsp3) is 0.286. The lowest BCUT2D eigenvalue weighted by Crippen LogP contribution is -2.33. The van der Waals surface area contributed by atoms with Crippen LogP contribution in [0.3, 0.4) is 0 Å². The highest BCUT2D eigenvalue weighted by molar-refractivity contribution is 7.89. The number of methoxy groups -OCH3 is 1. The van der Waals surface area contributed by atoms with Gasteiger partial charge in [0.2, 0.25) is 10.0 Å². The predicted molar refractivity (Wildman–Crippen MR) is 74.6 cm³/mol. The Bertz CT molecular complexity index is 670. The molecule has 0 saturated carbocycles. The summed E-state index contributed by atoms with van der Waals surface area (Å²) in [7, 11) is -2.31. The Labute approximate surface area is 123 Å². The molecule has 5 nitrogen and oxygen atoms in total. The lowest BCUT2D eigenvalue weighted by atomic mass is 10.3. The third kappa shape index (κ3) is 3.90. The molecule has 0 radical (unpaired) electrons. The summed E-state index contributed by atoms with van der Waals surface area (Å²) in [5.74, 6) is -0.592. The summed E-state index contributed by atoms with van der Waals surface area (Å²) in [6.45, 7) is 0.547. The van der Waals surface area contributed by atoms with E-state index < -0.39 is 15.8 Å². The maximum Gasteiger partial charge on any atom is 0.243 e. The van der Waals surface area contributed by atoms with Crippen LogP contribution >= 0.6 is 0 Å². The first kappa shape index (κ1) is 15.7. The molecule has 0 saturated heterocycles. The zero-order valence-corrected chi connectivity index (χ0v) is 12.3. The van der Waals surface area contributed by atoms with Crippen molar-refractivity contribution in [3.63, 3.8) is 0 Å². The van der Waals surface area contributed by atoms with E-state index in [-0.39, 0.29) is 24.6 Å². The fourth-order valence-corrected chi connectivity index (χ4v) is 3.28. The number of furan rings is 1. The minimum Gasteiger partial charge on any atom is -0.472 e. The van der Waals surface area contributed by atoms with Gasteiger partial charge in [-0.1, -0.05) is 6.07 Å². The minimum atomic E-state index is -3.80. The molecule has 2 rings (SSSR count). The molecule has 7 heteroatoms. The topological polar surface area (TPSA) is 59.8 Å². The van der Waals surface area contributed by atoms with Crippen molar-refractivity contribution < 1.29 is 22.0 Å². The highest BCUT2D eigenvalue weighted by Crippen LogP contribution is 2.19. The number of halogens is 1. The average molecular weight is 313 g/mol. The molecule has 0 aliphatic heterocycles. The molecule has 0 N–H and O–H groups in total. The molecule has 21 heavy (non-hydrogen) atoms. The van der Waals surface area contributed by atoms with Crippen LogP contribution in [-0.2, 0) is 21.3 Å². The Morgan fingerprint density at radius 2 is 2.14 bits per heavy atom. The van der Waals surface area contributed by atoms with Crippen LogP contribution in [0.2, 0.25) is 0 Å². The third-order valence-electron chi connectivity index (χ3n) is 2.92. The molecule has 0 aliphatic rings. The number of nitrogens with zero attached hydrogens (tertiary/aromatic N) is 1. The van der Waals surface area contributed by atoms with Gasteiger partial charge in [-0.25, -0.2) is 12.8 Å². The molecular weight excluding hydrogens is 297 g/mol. The quantitative estimate of drug-likeness (QED) is 0.786. The van der Waals surface area contributed by atoms with Crippen LogP contribution in [0.15, 0.2) is 52.2 Å². The molecule has 0 unspecified atom stereocenters. The molecule has 0 aliphatic carbocycles. The molecule has 0 atom stereocenters. The summed E-state index contributed by atoms with van der Waals surface area (Å²) >= 11 is 0. The lowest BCUT2D eigenvalue weighted by molar-refractivity contribution is 0.177. The Balaban J connectivity index is 2.29. The summed E-state index contributed by atoms with van der Waals surface area (Å²) in [5.41, 5.74) is 0.714. The Hall–Kier alpha value is -1.70. The van der Waals surface area contributed by atoms with Crippen LogP contribution in [0.5, 0.6) is 0 Å². The van der Waals surface area contributed by atoms with E-state index in [9.17, 15) is 12.8 Å². The van der Waals surface area contributed by atoms with Gasteiger partial charge in [-0.15, -0.1) is 0 Å². The van der Waals surface area contributed by atoms with Crippen LogP contribution in [0.25, 0.3) is 0 Å². The molecule has 0 amide bonds. The van der Waals surface area contributed by atoms with Crippen molar-refractivity contribution >= 4 is 10.0 Å². The monoisotopic (exact) mass is 313 g/mol. The summed E-state index contributed by atoms with van der Waals surface area (Å²) in [4.78, 5) is -0.0814. The van der Waals surface area contributed by atoms with Crippen molar-refractivity contribution in [2.24, 2.45) is 0 Å². The van der Waals surface area contributed by atoms with E-state index in [1.807, 2.05) is 0 Å². The summed E-state index contributed by atoms with van der Waals surface area (Å²) < 4.78 is 49.6. The van der Waals surface area contributed by atoms with E-state index >= 15 is 0 Å². The number of benzene rings is 1. The van der Waals surface area contributed by atoms with E-state index in [0.717, 1.165) is 6.07 Å². The van der Waals surface area contributed by atoms with E-state index in [1.165, 1.54) is 42.1 Å². The number of hydrogen-bond acceptors (Lipinski definition) is 4. The van der Waals surface area contributed by atoms with E-state index in [2.05, 4.69) is 0 Å². The number of ether oxygens (including phenoxy) is 1. The van der Waals surface area contributed by atoms with Gasteiger partial charge in [-0.05, 0) is 24.3 Å². The van der Waals surface area contributed by atoms with Crippen molar-refractivity contribution in [3.05, 3.63) is 54.2 Å². The molecular formula is C14H16FNO4S. The highest BCUT2D eigenvalue weighted by atomic mass is 32.2. The number of sulfonamides is 1. The van der Waals surface area contributed by atoms with Gasteiger partial charge in [0.25, 0.3) is 0 Å². The zero-order valence-electron chi connectivity index (χ0n) is 11.5. The van der Waals surface area contributed by atoms with Gasteiger partial charge in [0.1, 0.15) is 5.82 Å². The SMILES string of the molecule is COCCN(Cc1ccoc1)S(=O)(=O)c1cccc(F)c1. The van der Waals surface area contributed by atoms with Crippen molar-refractivity contribution in [1.82, 2.24) is 4.31 Å². The number of rotatable bonds is 7. The number of hydrogen-bond donors (Lipinski definition) is 0. The van der Waals surface area contributed by atoms with Crippen molar-refractivity contribution in [1.29, 1.82) is 0 Å². The van der Waals surface area contributed by atoms with Gasteiger partial charge in [0.15, 0.2) is 0 Å². The Morgan fingerprint density at radius 1 is 1.33 bits per heavy atom. The zero-order chi connectivity index (χ0) is 15.3. The average Bonchev–Trinajstić information content (AvgIpc) is 2.96. The Kier molecular flexibility index (Phi) is 5.11. The molecule has 114 valence electrons. The van der Waals surface area contributed by atoms with Gasteiger partial charge in [-0.3, -0.25) is 0 Å². The van der Waals surface area contributed by atoms with E-state index in [4.69, 9.17) is 9.15 Å². The molecule has 0 bridgehead atoms. The van der Waals surface area contributed by atoms with Crippen molar-refractivity contribution in [2.45, 2.75) is 11.4 Å². The maximum atomic E-state index is 13.3. The van der Waals surface area contributed by atoms with Gasteiger partial charge in [-0.2, -0.15) is 4.31 Å². The minimum absolute atomic E-state index is 0.0814. The first-order valence-electron chi connectivity index (χ1n) is 6.30. The maximum absolute atomic E-state index is 13.3. The van der Waals surface area contributed by atoms with Gasteiger partial charge >= 0.3 is 0 Å². The second kappa shape index (κ2) is 6.84. The summed E-state index contributed by atoms with van der Waals surface area (Å²) in [5, 5.41) is 0. The molecule has 0 spiro atoms. The lowest BCUT2D eigenvalue weighted by Gasteiger charge is -2.21. The predicted octanol–water partition coefficient (Wildman–Crippen LogP) is 2.26. The van der Waals surface area contributed by atoms with Crippen LogP contribution in [0.4, 0.5) is 4.39 Å². The molecule has 0 fully saturated rings.